The van der Waals surface area contributed by atoms with Gasteiger partial charge in [-0.25, -0.2) is 4.79 Å². The molecule has 1 N–H and O–H groups in total. The molecule has 1 aromatic heterocycles. The maximum absolute atomic E-state index is 11.1. The van der Waals surface area contributed by atoms with Crippen LogP contribution in [0.3, 0.4) is 0 Å². The molecule has 1 aromatic carbocycles. The Morgan fingerprint density at radius 1 is 1.40 bits per heavy atom. The highest BCUT2D eigenvalue weighted by Crippen LogP contribution is 2.36. The molecule has 0 aliphatic rings. The number of nitrogens with zero attached hydrogens (tertiary/aromatic N) is 3. The number of nitro groups is 1. The van der Waals surface area contributed by atoms with Gasteiger partial charge in [-0.3, -0.25) is 14.8 Å². The predicted octanol–water partition coefficient (Wildman–Crippen LogP) is 2.49. The summed E-state index contributed by atoms with van der Waals surface area (Å²) >= 11 is 1.18. The molecule has 1 heterocycles. The van der Waals surface area contributed by atoms with Crippen LogP contribution in [-0.2, 0) is 7.05 Å². The third kappa shape index (κ3) is 2.64. The molecule has 0 saturated heterocycles. The van der Waals surface area contributed by atoms with Crippen LogP contribution in [0, 0.1) is 17.0 Å². The van der Waals surface area contributed by atoms with Crippen LogP contribution in [0.5, 0.6) is 0 Å². The fraction of sp³-hybridized carbons (Fsp3) is 0.167. The van der Waals surface area contributed by atoms with E-state index in [0.717, 1.165) is 0 Å². The largest absolute Gasteiger partial charge is 0.478 e. The minimum atomic E-state index is -1.01. The summed E-state index contributed by atoms with van der Waals surface area (Å²) in [5, 5.41) is 24.3. The molecule has 0 atom stereocenters. The lowest BCUT2D eigenvalue weighted by atomic mass is 10.2. The lowest BCUT2D eigenvalue weighted by Gasteiger charge is -2.02. The summed E-state index contributed by atoms with van der Waals surface area (Å²) in [5.74, 6) is -1.01. The van der Waals surface area contributed by atoms with Gasteiger partial charge in [0, 0.05) is 11.9 Å². The van der Waals surface area contributed by atoms with Gasteiger partial charge in [-0.15, -0.1) is 0 Å². The molecule has 0 fully saturated rings. The first-order valence-corrected chi connectivity index (χ1v) is 6.41. The first-order valence-electron chi connectivity index (χ1n) is 5.59. The summed E-state index contributed by atoms with van der Waals surface area (Å²) < 4.78 is 1.45. The smallest absolute Gasteiger partial charge is 0.335 e. The zero-order chi connectivity index (χ0) is 14.9. The van der Waals surface area contributed by atoms with Crippen LogP contribution in [-0.4, -0.2) is 25.8 Å². The Morgan fingerprint density at radius 2 is 2.00 bits per heavy atom. The number of aromatic carboxylic acids is 1. The first-order chi connectivity index (χ1) is 9.40. The summed E-state index contributed by atoms with van der Waals surface area (Å²) in [7, 11) is 1.63. The highest BCUT2D eigenvalue weighted by Gasteiger charge is 2.24. The van der Waals surface area contributed by atoms with Crippen LogP contribution in [0.2, 0.25) is 0 Å². The highest BCUT2D eigenvalue weighted by atomic mass is 32.2. The molecule has 7 nitrogen and oxygen atoms in total. The van der Waals surface area contributed by atoms with Crippen molar-refractivity contribution >= 4 is 23.4 Å². The van der Waals surface area contributed by atoms with Crippen molar-refractivity contribution in [2.75, 3.05) is 0 Å². The van der Waals surface area contributed by atoms with Gasteiger partial charge in [0.2, 0.25) is 0 Å². The van der Waals surface area contributed by atoms with Crippen molar-refractivity contribution in [3.8, 4) is 0 Å². The number of carbonyl (C=O) groups is 1. The van der Waals surface area contributed by atoms with E-state index in [0.29, 0.717) is 15.6 Å². The lowest BCUT2D eigenvalue weighted by Crippen LogP contribution is -1.96. The quantitative estimate of drug-likeness (QED) is 0.687. The molecule has 0 radical (unpaired) electrons. The van der Waals surface area contributed by atoms with E-state index in [4.69, 9.17) is 5.11 Å². The average molecular weight is 293 g/mol. The molecular weight excluding hydrogens is 282 g/mol. The van der Waals surface area contributed by atoms with Crippen LogP contribution in [0.4, 0.5) is 5.69 Å². The Balaban J connectivity index is 2.35. The number of hydrogen-bond donors (Lipinski definition) is 1. The summed E-state index contributed by atoms with van der Waals surface area (Å²) in [4.78, 5) is 22.1. The number of hydrogen-bond acceptors (Lipinski definition) is 5. The van der Waals surface area contributed by atoms with Crippen molar-refractivity contribution in [1.82, 2.24) is 9.78 Å². The van der Waals surface area contributed by atoms with Gasteiger partial charge in [-0.05, 0) is 31.2 Å². The molecule has 2 aromatic rings. The molecular formula is C12H11N3O4S. The Kier molecular flexibility index (Phi) is 3.75. The van der Waals surface area contributed by atoms with Gasteiger partial charge in [0.05, 0.1) is 10.5 Å². The van der Waals surface area contributed by atoms with Crippen LogP contribution in [0.15, 0.2) is 34.2 Å². The maximum Gasteiger partial charge on any atom is 0.335 e. The Bertz CT molecular complexity index is 679. The molecule has 2 rings (SSSR count). The summed E-state index contributed by atoms with van der Waals surface area (Å²) in [6.07, 6.45) is 0. The van der Waals surface area contributed by atoms with Crippen LogP contribution in [0.1, 0.15) is 16.1 Å². The molecule has 0 aliphatic carbocycles. The molecule has 0 saturated carbocycles. The van der Waals surface area contributed by atoms with E-state index in [1.54, 1.807) is 26.1 Å². The van der Waals surface area contributed by atoms with E-state index < -0.39 is 10.9 Å². The topological polar surface area (TPSA) is 98.3 Å². The van der Waals surface area contributed by atoms with E-state index in [-0.39, 0.29) is 11.3 Å². The van der Waals surface area contributed by atoms with Gasteiger partial charge in [0.1, 0.15) is 5.69 Å². The van der Waals surface area contributed by atoms with Gasteiger partial charge in [-0.1, -0.05) is 11.8 Å². The molecule has 104 valence electrons. The van der Waals surface area contributed by atoms with Crippen LogP contribution < -0.4 is 0 Å². The van der Waals surface area contributed by atoms with E-state index >= 15 is 0 Å². The molecule has 0 unspecified atom stereocenters. The normalized spacial score (nSPS) is 10.5. The van der Waals surface area contributed by atoms with Crippen molar-refractivity contribution < 1.29 is 14.8 Å². The second-order valence-corrected chi connectivity index (χ2v) is 5.11. The number of aryl methyl sites for hydroxylation is 2. The average Bonchev–Trinajstić information content (AvgIpc) is 2.64. The zero-order valence-electron chi connectivity index (χ0n) is 10.7. The standard InChI is InChI=1S/C12H11N3O4S/c1-7-10(15(18)19)11(14(2)13-7)20-9-5-3-8(4-6-9)12(16)17/h3-6H,1-2H3,(H,16,17). The molecule has 0 spiro atoms. The number of benzene rings is 1. The number of rotatable bonds is 4. The second-order valence-electron chi connectivity index (χ2n) is 4.05. The van der Waals surface area contributed by atoms with Crippen LogP contribution >= 0.6 is 11.8 Å². The Labute approximate surface area is 118 Å². The molecule has 0 bridgehead atoms. The Hall–Kier alpha value is -2.35. The number of carboxylic acids is 1. The van der Waals surface area contributed by atoms with Gasteiger partial charge < -0.3 is 5.11 Å². The molecule has 20 heavy (non-hydrogen) atoms. The van der Waals surface area contributed by atoms with Crippen molar-refractivity contribution in [2.24, 2.45) is 7.05 Å². The van der Waals surface area contributed by atoms with Crippen molar-refractivity contribution in [3.63, 3.8) is 0 Å². The van der Waals surface area contributed by atoms with Crippen molar-refractivity contribution in [3.05, 3.63) is 45.6 Å². The molecule has 0 amide bonds. The van der Waals surface area contributed by atoms with Crippen molar-refractivity contribution in [1.29, 1.82) is 0 Å². The minimum absolute atomic E-state index is 0.0280. The predicted molar refractivity (Wildman–Crippen MR) is 72.1 cm³/mol. The molecule has 8 heteroatoms. The van der Waals surface area contributed by atoms with Crippen molar-refractivity contribution in [2.45, 2.75) is 16.8 Å². The number of aromatic nitrogens is 2. The maximum atomic E-state index is 11.1. The second kappa shape index (κ2) is 5.33. The first kappa shape index (κ1) is 14.1. The Morgan fingerprint density at radius 3 is 2.50 bits per heavy atom. The van der Waals surface area contributed by atoms with E-state index in [1.807, 2.05) is 0 Å². The zero-order valence-corrected chi connectivity index (χ0v) is 11.5. The van der Waals surface area contributed by atoms with Gasteiger partial charge in [0.15, 0.2) is 5.03 Å². The monoisotopic (exact) mass is 293 g/mol. The van der Waals surface area contributed by atoms with Gasteiger partial charge in [-0.2, -0.15) is 5.10 Å². The van der Waals surface area contributed by atoms with E-state index in [9.17, 15) is 14.9 Å². The number of carboxylic acid groups (broad SMARTS) is 1. The van der Waals surface area contributed by atoms with Gasteiger partial charge in [0.25, 0.3) is 0 Å². The fourth-order valence-electron chi connectivity index (χ4n) is 1.73. The lowest BCUT2D eigenvalue weighted by molar-refractivity contribution is -0.388. The fourth-order valence-corrected chi connectivity index (χ4v) is 2.71. The highest BCUT2D eigenvalue weighted by molar-refractivity contribution is 7.99. The van der Waals surface area contributed by atoms with Crippen LogP contribution in [0.25, 0.3) is 0 Å². The SMILES string of the molecule is Cc1nn(C)c(Sc2ccc(C(=O)O)cc2)c1[N+](=O)[O-]. The minimum Gasteiger partial charge on any atom is -0.478 e. The summed E-state index contributed by atoms with van der Waals surface area (Å²) in [5.41, 5.74) is 0.493. The third-order valence-corrected chi connectivity index (χ3v) is 3.80. The molecule has 0 aliphatic heterocycles. The summed E-state index contributed by atoms with van der Waals surface area (Å²) in [6, 6.07) is 6.14. The van der Waals surface area contributed by atoms with Gasteiger partial charge >= 0.3 is 11.7 Å². The summed E-state index contributed by atoms with van der Waals surface area (Å²) in [6.45, 7) is 1.58. The van der Waals surface area contributed by atoms with E-state index in [1.165, 1.54) is 28.6 Å². The third-order valence-electron chi connectivity index (χ3n) is 2.64. The van der Waals surface area contributed by atoms with E-state index in [2.05, 4.69) is 5.10 Å².